The SMILES string of the molecule is CCN(CCOc1ccccc1F)C1CC1. The monoisotopic (exact) mass is 223 g/mol. The third kappa shape index (κ3) is 2.95. The molecule has 0 saturated heterocycles. The number of rotatable bonds is 6. The summed E-state index contributed by atoms with van der Waals surface area (Å²) >= 11 is 0. The number of nitrogens with zero attached hydrogens (tertiary/aromatic N) is 1. The maximum Gasteiger partial charge on any atom is 0.165 e. The van der Waals surface area contributed by atoms with Gasteiger partial charge >= 0.3 is 0 Å². The summed E-state index contributed by atoms with van der Waals surface area (Å²) in [6.45, 7) is 4.65. The molecule has 0 heterocycles. The molecule has 0 aliphatic heterocycles. The lowest BCUT2D eigenvalue weighted by molar-refractivity contribution is 0.204. The van der Waals surface area contributed by atoms with Gasteiger partial charge in [0.15, 0.2) is 11.6 Å². The molecule has 1 aliphatic carbocycles. The zero-order valence-corrected chi connectivity index (χ0v) is 9.66. The van der Waals surface area contributed by atoms with Gasteiger partial charge in [0.1, 0.15) is 6.61 Å². The first-order valence-corrected chi connectivity index (χ1v) is 5.92. The predicted octanol–water partition coefficient (Wildman–Crippen LogP) is 2.69. The topological polar surface area (TPSA) is 12.5 Å². The molecule has 0 amide bonds. The van der Waals surface area contributed by atoms with Crippen LogP contribution in [0.25, 0.3) is 0 Å². The van der Waals surface area contributed by atoms with Crippen LogP contribution < -0.4 is 4.74 Å². The third-order valence-corrected chi connectivity index (χ3v) is 2.94. The Morgan fingerprint density at radius 2 is 2.12 bits per heavy atom. The lowest BCUT2D eigenvalue weighted by Gasteiger charge is -2.19. The number of likely N-dealkylation sites (N-methyl/N-ethyl adjacent to an activating group) is 1. The van der Waals surface area contributed by atoms with Crippen molar-refractivity contribution in [3.8, 4) is 5.75 Å². The number of hydrogen-bond acceptors (Lipinski definition) is 2. The van der Waals surface area contributed by atoms with E-state index in [1.165, 1.54) is 18.9 Å². The van der Waals surface area contributed by atoms with E-state index in [1.54, 1.807) is 18.2 Å². The van der Waals surface area contributed by atoms with Crippen LogP contribution in [0.4, 0.5) is 4.39 Å². The molecule has 16 heavy (non-hydrogen) atoms. The summed E-state index contributed by atoms with van der Waals surface area (Å²) in [5.41, 5.74) is 0. The summed E-state index contributed by atoms with van der Waals surface area (Å²) in [7, 11) is 0. The Balaban J connectivity index is 1.77. The molecule has 1 aromatic rings. The maximum absolute atomic E-state index is 13.2. The van der Waals surface area contributed by atoms with Crippen molar-refractivity contribution in [1.29, 1.82) is 0 Å². The highest BCUT2D eigenvalue weighted by Gasteiger charge is 2.27. The van der Waals surface area contributed by atoms with E-state index >= 15 is 0 Å². The predicted molar refractivity (Wildman–Crippen MR) is 62.2 cm³/mol. The van der Waals surface area contributed by atoms with Crippen LogP contribution in [-0.2, 0) is 0 Å². The summed E-state index contributed by atoms with van der Waals surface area (Å²) in [5, 5.41) is 0. The summed E-state index contributed by atoms with van der Waals surface area (Å²) in [5.74, 6) is 0.0753. The molecule has 1 aliphatic rings. The van der Waals surface area contributed by atoms with E-state index in [9.17, 15) is 4.39 Å². The molecule has 0 N–H and O–H groups in total. The fraction of sp³-hybridized carbons (Fsp3) is 0.538. The Labute approximate surface area is 96.0 Å². The average Bonchev–Trinajstić information content (AvgIpc) is 3.11. The molecule has 88 valence electrons. The van der Waals surface area contributed by atoms with Crippen LogP contribution in [0.3, 0.4) is 0 Å². The summed E-state index contributed by atoms with van der Waals surface area (Å²) < 4.78 is 18.7. The summed E-state index contributed by atoms with van der Waals surface area (Å²) in [4.78, 5) is 2.39. The first-order valence-electron chi connectivity index (χ1n) is 5.92. The molecule has 0 atom stereocenters. The minimum absolute atomic E-state index is 0.281. The molecular weight excluding hydrogens is 205 g/mol. The van der Waals surface area contributed by atoms with Crippen LogP contribution in [0.2, 0.25) is 0 Å². The van der Waals surface area contributed by atoms with Crippen molar-refractivity contribution in [2.24, 2.45) is 0 Å². The largest absolute Gasteiger partial charge is 0.489 e. The fourth-order valence-corrected chi connectivity index (χ4v) is 1.87. The molecule has 1 fully saturated rings. The molecule has 1 saturated carbocycles. The average molecular weight is 223 g/mol. The van der Waals surface area contributed by atoms with Gasteiger partial charge in [0.25, 0.3) is 0 Å². The van der Waals surface area contributed by atoms with E-state index in [0.717, 1.165) is 19.1 Å². The molecule has 3 heteroatoms. The highest BCUT2D eigenvalue weighted by atomic mass is 19.1. The van der Waals surface area contributed by atoms with Crippen molar-refractivity contribution in [3.63, 3.8) is 0 Å². The van der Waals surface area contributed by atoms with Gasteiger partial charge in [-0.3, -0.25) is 4.90 Å². The first-order chi connectivity index (χ1) is 7.81. The van der Waals surface area contributed by atoms with E-state index in [2.05, 4.69) is 11.8 Å². The Kier molecular flexibility index (Phi) is 3.78. The third-order valence-electron chi connectivity index (χ3n) is 2.94. The van der Waals surface area contributed by atoms with Crippen LogP contribution in [0.5, 0.6) is 5.75 Å². The first kappa shape index (κ1) is 11.4. The Morgan fingerprint density at radius 3 is 2.75 bits per heavy atom. The molecule has 0 aromatic heterocycles. The number of ether oxygens (including phenoxy) is 1. The second kappa shape index (κ2) is 5.30. The molecule has 2 nitrogen and oxygen atoms in total. The van der Waals surface area contributed by atoms with Crippen LogP contribution in [0, 0.1) is 5.82 Å². The molecular formula is C13H18FNO. The standard InChI is InChI=1S/C13H18FNO/c1-2-15(11-7-8-11)9-10-16-13-6-4-3-5-12(13)14/h3-6,11H,2,7-10H2,1H3. The second-order valence-corrected chi connectivity index (χ2v) is 4.14. The van der Waals surface area contributed by atoms with Crippen molar-refractivity contribution in [3.05, 3.63) is 30.1 Å². The minimum atomic E-state index is -0.281. The molecule has 1 aromatic carbocycles. The van der Waals surface area contributed by atoms with Crippen LogP contribution in [0.1, 0.15) is 19.8 Å². The van der Waals surface area contributed by atoms with Gasteiger partial charge in [0.05, 0.1) is 0 Å². The number of halogens is 1. The number of hydrogen-bond donors (Lipinski definition) is 0. The Hall–Kier alpha value is -1.09. The smallest absolute Gasteiger partial charge is 0.165 e. The fourth-order valence-electron chi connectivity index (χ4n) is 1.87. The van der Waals surface area contributed by atoms with Gasteiger partial charge in [0, 0.05) is 12.6 Å². The zero-order valence-electron chi connectivity index (χ0n) is 9.66. The number of para-hydroxylation sites is 1. The van der Waals surface area contributed by atoms with Crippen molar-refractivity contribution < 1.29 is 9.13 Å². The van der Waals surface area contributed by atoms with Crippen molar-refractivity contribution in [1.82, 2.24) is 4.90 Å². The van der Waals surface area contributed by atoms with Crippen LogP contribution in [0.15, 0.2) is 24.3 Å². The zero-order chi connectivity index (χ0) is 11.4. The van der Waals surface area contributed by atoms with Gasteiger partial charge in [-0.1, -0.05) is 19.1 Å². The van der Waals surface area contributed by atoms with Crippen molar-refractivity contribution in [2.45, 2.75) is 25.8 Å². The molecule has 0 radical (unpaired) electrons. The van der Waals surface area contributed by atoms with Crippen LogP contribution >= 0.6 is 0 Å². The quantitative estimate of drug-likeness (QED) is 0.735. The lowest BCUT2D eigenvalue weighted by Crippen LogP contribution is -2.30. The lowest BCUT2D eigenvalue weighted by atomic mass is 10.3. The van der Waals surface area contributed by atoms with E-state index < -0.39 is 0 Å². The van der Waals surface area contributed by atoms with Crippen LogP contribution in [-0.4, -0.2) is 30.6 Å². The molecule has 0 spiro atoms. The van der Waals surface area contributed by atoms with E-state index in [-0.39, 0.29) is 5.82 Å². The van der Waals surface area contributed by atoms with Gasteiger partial charge in [-0.05, 0) is 31.5 Å². The Bertz CT molecular complexity index is 338. The van der Waals surface area contributed by atoms with E-state index in [4.69, 9.17) is 4.74 Å². The second-order valence-electron chi connectivity index (χ2n) is 4.14. The van der Waals surface area contributed by atoms with Gasteiger partial charge in [-0.15, -0.1) is 0 Å². The normalized spacial score (nSPS) is 15.4. The van der Waals surface area contributed by atoms with Gasteiger partial charge in [-0.2, -0.15) is 0 Å². The minimum Gasteiger partial charge on any atom is -0.489 e. The van der Waals surface area contributed by atoms with Crippen molar-refractivity contribution >= 4 is 0 Å². The number of benzene rings is 1. The maximum atomic E-state index is 13.2. The highest BCUT2D eigenvalue weighted by molar-refractivity contribution is 5.23. The molecule has 2 rings (SSSR count). The van der Waals surface area contributed by atoms with Gasteiger partial charge in [-0.25, -0.2) is 4.39 Å². The Morgan fingerprint density at radius 1 is 1.38 bits per heavy atom. The van der Waals surface area contributed by atoms with Gasteiger partial charge in [0.2, 0.25) is 0 Å². The van der Waals surface area contributed by atoms with E-state index in [0.29, 0.717) is 12.4 Å². The van der Waals surface area contributed by atoms with E-state index in [1.807, 2.05) is 0 Å². The van der Waals surface area contributed by atoms with Gasteiger partial charge < -0.3 is 4.74 Å². The summed E-state index contributed by atoms with van der Waals surface area (Å²) in [6, 6.07) is 7.30. The molecule has 0 unspecified atom stereocenters. The van der Waals surface area contributed by atoms with Crippen molar-refractivity contribution in [2.75, 3.05) is 19.7 Å². The highest BCUT2D eigenvalue weighted by Crippen LogP contribution is 2.26. The molecule has 0 bridgehead atoms. The summed E-state index contributed by atoms with van der Waals surface area (Å²) in [6.07, 6.45) is 2.60.